The fourth-order valence-corrected chi connectivity index (χ4v) is 2.89. The van der Waals surface area contributed by atoms with Gasteiger partial charge in [0.25, 0.3) is 0 Å². The smallest absolute Gasteiger partial charge is 0.494 e. The van der Waals surface area contributed by atoms with Crippen LogP contribution in [0.4, 0.5) is 0 Å². The van der Waals surface area contributed by atoms with E-state index in [1.54, 1.807) is 18.2 Å². The molecule has 0 unspecified atom stereocenters. The van der Waals surface area contributed by atoms with E-state index in [0.717, 1.165) is 0 Å². The lowest BCUT2D eigenvalue weighted by Crippen LogP contribution is -2.38. The minimum absolute atomic E-state index is 0.241. The first-order chi connectivity index (χ1) is 10.5. The summed E-state index contributed by atoms with van der Waals surface area (Å²) in [7, 11) is -3.91. The maximum atomic E-state index is 11.8. The minimum atomic E-state index is -3.29. The van der Waals surface area contributed by atoms with Gasteiger partial charge in [0.2, 0.25) is 0 Å². The van der Waals surface area contributed by atoms with E-state index in [-0.39, 0.29) is 4.90 Å². The Kier molecular flexibility index (Phi) is 4.72. The third-order valence-electron chi connectivity index (χ3n) is 3.72. The molecule has 0 spiro atoms. The van der Waals surface area contributed by atoms with Crippen LogP contribution in [0.25, 0.3) is 0 Å². The first-order valence-electron chi connectivity index (χ1n) is 7.45. The van der Waals surface area contributed by atoms with Gasteiger partial charge in [0.15, 0.2) is 9.84 Å². The summed E-state index contributed by atoms with van der Waals surface area (Å²) in [6.45, 7) is 2.20. The normalized spacial score (nSPS) is 19.8. The van der Waals surface area contributed by atoms with Gasteiger partial charge >= 0.3 is 7.12 Å². The summed E-state index contributed by atoms with van der Waals surface area (Å²) in [6, 6.07) is 4.85. The van der Waals surface area contributed by atoms with E-state index in [1.807, 2.05) is 0 Å². The van der Waals surface area contributed by atoms with Gasteiger partial charge in [0.1, 0.15) is 5.75 Å². The standard InChI is InChI=1S/C14H20BNO5S/c1-22(17,18)12-4-5-14(19-9-11-2-3-11)13(8-12)15-20-7-6-16-10-21-15/h4-5,8,11,16H,2-3,6-7,9-10H2,1H3. The lowest BCUT2D eigenvalue weighted by molar-refractivity contribution is 0.241. The summed E-state index contributed by atoms with van der Waals surface area (Å²) in [6.07, 6.45) is 3.57. The number of ether oxygens (including phenoxy) is 1. The zero-order chi connectivity index (χ0) is 15.6. The fraction of sp³-hybridized carbons (Fsp3) is 0.571. The number of hydrogen-bond acceptors (Lipinski definition) is 6. The molecule has 1 aliphatic carbocycles. The lowest BCUT2D eigenvalue weighted by atomic mass is 9.78. The van der Waals surface area contributed by atoms with Crippen LogP contribution >= 0.6 is 0 Å². The van der Waals surface area contributed by atoms with Crippen LogP contribution < -0.4 is 15.5 Å². The highest BCUT2D eigenvalue weighted by Gasteiger charge is 2.29. The molecule has 120 valence electrons. The molecule has 1 saturated heterocycles. The SMILES string of the molecule is CS(=O)(=O)c1ccc(OCC2CC2)c(B2OCCNCO2)c1. The van der Waals surface area contributed by atoms with Gasteiger partial charge in [-0.2, -0.15) is 0 Å². The molecule has 0 bridgehead atoms. The van der Waals surface area contributed by atoms with Crippen LogP contribution in [0.2, 0.25) is 0 Å². The molecule has 1 saturated carbocycles. The number of hydrogen-bond donors (Lipinski definition) is 1. The van der Waals surface area contributed by atoms with E-state index in [4.69, 9.17) is 14.0 Å². The molecule has 2 fully saturated rings. The van der Waals surface area contributed by atoms with Crippen molar-refractivity contribution < 1.29 is 22.5 Å². The highest BCUT2D eigenvalue weighted by molar-refractivity contribution is 7.90. The zero-order valence-electron chi connectivity index (χ0n) is 12.6. The van der Waals surface area contributed by atoms with E-state index in [2.05, 4.69) is 5.32 Å². The number of nitrogens with one attached hydrogen (secondary N) is 1. The summed E-state index contributed by atoms with van der Waals surface area (Å²) in [5.74, 6) is 1.24. The van der Waals surface area contributed by atoms with Gasteiger partial charge < -0.3 is 14.0 Å². The third-order valence-corrected chi connectivity index (χ3v) is 4.83. The molecule has 1 heterocycles. The second-order valence-corrected chi connectivity index (χ2v) is 7.76. The van der Waals surface area contributed by atoms with Crippen LogP contribution in [-0.2, 0) is 19.1 Å². The van der Waals surface area contributed by atoms with Crippen LogP contribution in [0.5, 0.6) is 5.75 Å². The summed E-state index contributed by atoms with van der Waals surface area (Å²) in [5, 5.41) is 3.07. The van der Waals surface area contributed by atoms with Gasteiger partial charge in [-0.15, -0.1) is 0 Å². The van der Waals surface area contributed by atoms with Crippen LogP contribution in [-0.4, -0.2) is 48.3 Å². The molecule has 0 atom stereocenters. The summed E-state index contributed by atoms with van der Waals surface area (Å²) < 4.78 is 40.7. The van der Waals surface area contributed by atoms with Crippen molar-refractivity contribution in [1.29, 1.82) is 0 Å². The largest absolute Gasteiger partial charge is 0.498 e. The van der Waals surface area contributed by atoms with Crippen LogP contribution in [0, 0.1) is 5.92 Å². The van der Waals surface area contributed by atoms with Crippen LogP contribution in [0.3, 0.4) is 0 Å². The fourth-order valence-electron chi connectivity index (χ4n) is 2.24. The molecular formula is C14H20BNO5S. The first-order valence-corrected chi connectivity index (χ1v) is 9.34. The van der Waals surface area contributed by atoms with Gasteiger partial charge in [-0.3, -0.25) is 5.32 Å². The van der Waals surface area contributed by atoms with Gasteiger partial charge in [-0.25, -0.2) is 8.42 Å². The molecule has 1 aliphatic heterocycles. The zero-order valence-corrected chi connectivity index (χ0v) is 13.4. The van der Waals surface area contributed by atoms with Crippen molar-refractivity contribution in [2.24, 2.45) is 5.92 Å². The highest BCUT2D eigenvalue weighted by atomic mass is 32.2. The van der Waals surface area contributed by atoms with E-state index in [0.29, 0.717) is 43.6 Å². The van der Waals surface area contributed by atoms with Gasteiger partial charge in [-0.05, 0) is 37.0 Å². The Labute approximate surface area is 131 Å². The van der Waals surface area contributed by atoms with E-state index >= 15 is 0 Å². The molecule has 0 radical (unpaired) electrons. The summed E-state index contributed by atoms with van der Waals surface area (Å²) in [5.41, 5.74) is 0.632. The minimum Gasteiger partial charge on any atom is -0.494 e. The Morgan fingerprint density at radius 3 is 2.91 bits per heavy atom. The van der Waals surface area contributed by atoms with E-state index < -0.39 is 17.0 Å². The second-order valence-electron chi connectivity index (χ2n) is 5.74. The number of rotatable bonds is 5. The van der Waals surface area contributed by atoms with Crippen LogP contribution in [0.15, 0.2) is 23.1 Å². The van der Waals surface area contributed by atoms with Crippen molar-refractivity contribution in [2.75, 3.05) is 32.7 Å². The van der Waals surface area contributed by atoms with Gasteiger partial charge in [-0.1, -0.05) is 0 Å². The van der Waals surface area contributed by atoms with Gasteiger partial charge in [0.05, 0.1) is 18.2 Å². The van der Waals surface area contributed by atoms with Crippen molar-refractivity contribution in [1.82, 2.24) is 5.32 Å². The lowest BCUT2D eigenvalue weighted by Gasteiger charge is -2.16. The molecule has 1 aromatic rings. The third kappa shape index (κ3) is 4.01. The summed E-state index contributed by atoms with van der Waals surface area (Å²) in [4.78, 5) is 0.241. The molecule has 22 heavy (non-hydrogen) atoms. The Morgan fingerprint density at radius 1 is 1.36 bits per heavy atom. The van der Waals surface area contributed by atoms with Crippen molar-refractivity contribution in [3.8, 4) is 5.75 Å². The van der Waals surface area contributed by atoms with Crippen molar-refractivity contribution >= 4 is 22.4 Å². The Bertz CT molecular complexity index is 624. The second kappa shape index (κ2) is 6.58. The molecule has 6 nitrogen and oxygen atoms in total. The average molecular weight is 325 g/mol. The monoisotopic (exact) mass is 325 g/mol. The van der Waals surface area contributed by atoms with E-state index in [9.17, 15) is 8.42 Å². The van der Waals surface area contributed by atoms with Crippen molar-refractivity contribution in [3.05, 3.63) is 18.2 Å². The molecule has 8 heteroatoms. The molecule has 2 aliphatic rings. The molecule has 1 aromatic carbocycles. The Morgan fingerprint density at radius 2 is 2.18 bits per heavy atom. The van der Waals surface area contributed by atoms with Crippen molar-refractivity contribution in [2.45, 2.75) is 17.7 Å². The maximum absolute atomic E-state index is 11.8. The number of sulfone groups is 1. The quantitative estimate of drug-likeness (QED) is 0.778. The number of benzene rings is 1. The predicted octanol–water partition coefficient (Wildman–Crippen LogP) is 0.168. The Hall–Kier alpha value is -1.09. The highest BCUT2D eigenvalue weighted by Crippen LogP contribution is 2.29. The maximum Gasteiger partial charge on any atom is 0.498 e. The van der Waals surface area contributed by atoms with Crippen LogP contribution in [0.1, 0.15) is 12.8 Å². The molecular weight excluding hydrogens is 305 g/mol. The summed E-state index contributed by atoms with van der Waals surface area (Å²) >= 11 is 0. The molecule has 3 rings (SSSR count). The Balaban J connectivity index is 1.89. The van der Waals surface area contributed by atoms with Gasteiger partial charge in [0, 0.05) is 24.9 Å². The predicted molar refractivity (Wildman–Crippen MR) is 83.1 cm³/mol. The van der Waals surface area contributed by atoms with Crippen molar-refractivity contribution in [3.63, 3.8) is 0 Å². The average Bonchev–Trinajstić information content (AvgIpc) is 3.31. The molecule has 0 amide bonds. The topological polar surface area (TPSA) is 73.9 Å². The molecule has 1 N–H and O–H groups in total. The molecule has 0 aromatic heterocycles. The first kappa shape index (κ1) is 15.8. The van der Waals surface area contributed by atoms with E-state index in [1.165, 1.54) is 19.1 Å².